The van der Waals surface area contributed by atoms with Gasteiger partial charge in [0.15, 0.2) is 0 Å². The molecule has 0 saturated carbocycles. The summed E-state index contributed by atoms with van der Waals surface area (Å²) in [6.45, 7) is 0. The maximum Gasteiger partial charge on any atom is 0.338 e. The first-order chi connectivity index (χ1) is 11.9. The number of aromatic carboxylic acids is 2. The molecule has 25 heavy (non-hydrogen) atoms. The summed E-state index contributed by atoms with van der Waals surface area (Å²) in [5, 5.41) is 28.6. The summed E-state index contributed by atoms with van der Waals surface area (Å²) in [5.74, 6) is -2.57. The van der Waals surface area contributed by atoms with Crippen LogP contribution < -0.4 is 5.32 Å². The first-order valence-corrected chi connectivity index (χ1v) is 8.41. The minimum Gasteiger partial charge on any atom is -0.478 e. The molecule has 0 atom stereocenters. The zero-order chi connectivity index (χ0) is 18.4. The van der Waals surface area contributed by atoms with E-state index in [1.807, 2.05) is 22.6 Å². The van der Waals surface area contributed by atoms with E-state index in [-0.39, 0.29) is 32.8 Å². The van der Waals surface area contributed by atoms with Crippen molar-refractivity contribution in [2.75, 3.05) is 9.74 Å². The van der Waals surface area contributed by atoms with Crippen molar-refractivity contribution in [3.63, 3.8) is 0 Å². The van der Waals surface area contributed by atoms with Crippen LogP contribution in [-0.2, 0) is 4.79 Å². The van der Waals surface area contributed by atoms with Crippen molar-refractivity contribution >= 4 is 57.5 Å². The minimum absolute atomic E-state index is 0.0479. The molecule has 0 aliphatic rings. The second-order valence-corrected chi connectivity index (χ2v) is 5.54. The van der Waals surface area contributed by atoms with Gasteiger partial charge in [0.2, 0.25) is 5.91 Å². The van der Waals surface area contributed by atoms with Crippen LogP contribution in [0.15, 0.2) is 52.7 Å². The van der Waals surface area contributed by atoms with Crippen LogP contribution in [0.4, 0.5) is 17.1 Å². The monoisotopic (exact) mass is 453 g/mol. The Bertz CT molecular complexity index is 867. The van der Waals surface area contributed by atoms with E-state index >= 15 is 0 Å². The first-order valence-electron chi connectivity index (χ1n) is 6.89. The lowest BCUT2D eigenvalue weighted by Gasteiger charge is -2.06. The lowest BCUT2D eigenvalue weighted by molar-refractivity contribution is -0.113. The highest BCUT2D eigenvalue weighted by Gasteiger charge is 2.12. The fourth-order valence-electron chi connectivity index (χ4n) is 1.88. The van der Waals surface area contributed by atoms with Gasteiger partial charge in [0.05, 0.1) is 21.2 Å². The average molecular weight is 453 g/mol. The van der Waals surface area contributed by atoms with Gasteiger partial charge in [-0.05, 0) is 36.4 Å². The molecule has 3 N–H and O–H groups in total. The van der Waals surface area contributed by atoms with Crippen LogP contribution in [0.3, 0.4) is 0 Å². The number of benzene rings is 2. The zero-order valence-corrected chi connectivity index (χ0v) is 14.8. The highest BCUT2D eigenvalue weighted by molar-refractivity contribution is 14.1. The molecule has 128 valence electrons. The number of carboxylic acids is 2. The van der Waals surface area contributed by atoms with Gasteiger partial charge < -0.3 is 15.5 Å². The molecule has 0 aliphatic heterocycles. The predicted molar refractivity (Wildman–Crippen MR) is 98.5 cm³/mol. The Labute approximate surface area is 155 Å². The summed E-state index contributed by atoms with van der Waals surface area (Å²) in [6.07, 6.45) is 0. The molecule has 0 radical (unpaired) electrons. The van der Waals surface area contributed by atoms with E-state index in [4.69, 9.17) is 5.11 Å². The fraction of sp³-hybridized carbons (Fsp3) is 0.0625. The second-order valence-electron chi connectivity index (χ2n) is 4.77. The molecule has 2 aromatic rings. The van der Waals surface area contributed by atoms with E-state index < -0.39 is 11.9 Å². The van der Waals surface area contributed by atoms with E-state index in [0.717, 1.165) is 0 Å². The van der Waals surface area contributed by atoms with E-state index in [1.54, 1.807) is 6.07 Å². The second kappa shape index (κ2) is 8.33. The minimum atomic E-state index is -1.22. The zero-order valence-electron chi connectivity index (χ0n) is 12.6. The highest BCUT2D eigenvalue weighted by Crippen LogP contribution is 2.26. The lowest BCUT2D eigenvalue weighted by Crippen LogP contribution is -2.12. The molecular weight excluding hydrogens is 441 g/mol. The number of carbonyl (C=O) groups excluding carboxylic acids is 1. The fourth-order valence-corrected chi connectivity index (χ4v) is 2.07. The molecule has 0 saturated heterocycles. The van der Waals surface area contributed by atoms with Crippen LogP contribution in [0.5, 0.6) is 0 Å². The molecule has 9 heteroatoms. The smallest absolute Gasteiger partial charge is 0.338 e. The van der Waals surface area contributed by atoms with Gasteiger partial charge in [-0.1, -0.05) is 28.7 Å². The number of carboxylic acid groups (broad SMARTS) is 2. The average Bonchev–Trinajstić information content (AvgIpc) is 2.60. The summed E-state index contributed by atoms with van der Waals surface area (Å²) >= 11 is 1.89. The quantitative estimate of drug-likeness (QED) is 0.348. The number of azo groups is 1. The number of hydrogen-bond acceptors (Lipinski definition) is 5. The molecule has 1 amide bonds. The molecule has 0 heterocycles. The number of nitrogens with one attached hydrogen (secondary N) is 1. The van der Waals surface area contributed by atoms with Gasteiger partial charge >= 0.3 is 11.9 Å². The number of carbonyl (C=O) groups is 3. The Balaban J connectivity index is 2.32. The predicted octanol–water partition coefficient (Wildman–Crippen LogP) is 3.87. The van der Waals surface area contributed by atoms with Crippen LogP contribution in [-0.4, -0.2) is 32.5 Å². The molecule has 8 nitrogen and oxygen atoms in total. The Morgan fingerprint density at radius 3 is 2.40 bits per heavy atom. The molecule has 2 aromatic carbocycles. The normalized spacial score (nSPS) is 10.6. The highest BCUT2D eigenvalue weighted by atomic mass is 127. The van der Waals surface area contributed by atoms with Crippen molar-refractivity contribution in [2.45, 2.75) is 0 Å². The topological polar surface area (TPSA) is 128 Å². The number of hydrogen-bond donors (Lipinski definition) is 3. The molecule has 0 spiro atoms. The maximum atomic E-state index is 11.4. The van der Waals surface area contributed by atoms with Gasteiger partial charge in [0.25, 0.3) is 0 Å². The van der Waals surface area contributed by atoms with Gasteiger partial charge in [-0.15, -0.1) is 5.11 Å². The van der Waals surface area contributed by atoms with Crippen molar-refractivity contribution in [1.82, 2.24) is 0 Å². The Morgan fingerprint density at radius 2 is 1.76 bits per heavy atom. The number of alkyl halides is 1. The molecule has 0 aliphatic carbocycles. The van der Waals surface area contributed by atoms with E-state index in [1.165, 1.54) is 36.4 Å². The SMILES string of the molecule is O=C(CI)Nc1ccc(N=Nc2cccc(C(=O)O)c2)c(C(=O)O)c1. The Kier molecular flexibility index (Phi) is 6.17. The largest absolute Gasteiger partial charge is 0.478 e. The van der Waals surface area contributed by atoms with Gasteiger partial charge in [0.1, 0.15) is 5.69 Å². The molecule has 0 bridgehead atoms. The van der Waals surface area contributed by atoms with Gasteiger partial charge in [-0.25, -0.2) is 9.59 Å². The Hall–Kier alpha value is -2.82. The summed E-state index contributed by atoms with van der Waals surface area (Å²) in [4.78, 5) is 33.7. The van der Waals surface area contributed by atoms with E-state index in [9.17, 15) is 19.5 Å². The molecule has 2 rings (SSSR count). The molecular formula is C16H12IN3O5. The van der Waals surface area contributed by atoms with Crippen LogP contribution in [0.2, 0.25) is 0 Å². The third-order valence-corrected chi connectivity index (χ3v) is 3.69. The van der Waals surface area contributed by atoms with Crippen molar-refractivity contribution in [2.24, 2.45) is 10.2 Å². The molecule has 0 unspecified atom stereocenters. The third-order valence-electron chi connectivity index (χ3n) is 3.00. The summed E-state index contributed by atoms with van der Waals surface area (Å²) in [6, 6.07) is 10.0. The molecule has 0 aromatic heterocycles. The lowest BCUT2D eigenvalue weighted by atomic mass is 10.1. The van der Waals surface area contributed by atoms with Crippen LogP contribution in [0.1, 0.15) is 20.7 Å². The van der Waals surface area contributed by atoms with Crippen molar-refractivity contribution in [3.8, 4) is 0 Å². The number of halogens is 1. The standard InChI is InChI=1S/C16H12IN3O5/c17-8-14(21)18-10-4-5-13(12(7-10)16(24)25)20-19-11-3-1-2-9(6-11)15(22)23/h1-7H,8H2,(H,18,21)(H,22,23)(H,24,25). The summed E-state index contributed by atoms with van der Waals surface area (Å²) < 4.78 is 0.238. The first kappa shape index (κ1) is 18.5. The number of amides is 1. The number of rotatable bonds is 6. The Morgan fingerprint density at radius 1 is 1.00 bits per heavy atom. The van der Waals surface area contributed by atoms with Crippen LogP contribution >= 0.6 is 22.6 Å². The van der Waals surface area contributed by atoms with Crippen LogP contribution in [0, 0.1) is 0 Å². The van der Waals surface area contributed by atoms with Crippen molar-refractivity contribution < 1.29 is 24.6 Å². The number of anilines is 1. The number of nitrogens with zero attached hydrogens (tertiary/aromatic N) is 2. The third kappa shape index (κ3) is 5.08. The molecule has 0 fully saturated rings. The van der Waals surface area contributed by atoms with Gasteiger partial charge in [-0.2, -0.15) is 5.11 Å². The van der Waals surface area contributed by atoms with E-state index in [2.05, 4.69) is 15.5 Å². The van der Waals surface area contributed by atoms with E-state index in [0.29, 0.717) is 5.69 Å². The van der Waals surface area contributed by atoms with Crippen LogP contribution in [0.25, 0.3) is 0 Å². The summed E-state index contributed by atoms with van der Waals surface area (Å²) in [7, 11) is 0. The maximum absolute atomic E-state index is 11.4. The van der Waals surface area contributed by atoms with Gasteiger partial charge in [-0.3, -0.25) is 4.79 Å². The summed E-state index contributed by atoms with van der Waals surface area (Å²) in [5.41, 5.74) is 0.612. The van der Waals surface area contributed by atoms with Crippen molar-refractivity contribution in [1.29, 1.82) is 0 Å². The van der Waals surface area contributed by atoms with Crippen molar-refractivity contribution in [3.05, 3.63) is 53.6 Å². The van der Waals surface area contributed by atoms with Gasteiger partial charge in [0, 0.05) is 5.69 Å².